The predicted molar refractivity (Wildman–Crippen MR) is 92.5 cm³/mol. The molecule has 0 spiro atoms. The summed E-state index contributed by atoms with van der Waals surface area (Å²) in [4.78, 5) is 17.8. The molecule has 0 saturated carbocycles. The van der Waals surface area contributed by atoms with E-state index in [0.29, 0.717) is 18.8 Å². The minimum atomic E-state index is -0.182. The van der Waals surface area contributed by atoms with Gasteiger partial charge in [0.1, 0.15) is 0 Å². The Labute approximate surface area is 140 Å². The van der Waals surface area contributed by atoms with Crippen molar-refractivity contribution in [2.45, 2.75) is 13.1 Å². The fourth-order valence-electron chi connectivity index (χ4n) is 2.35. The molecule has 0 aliphatic heterocycles. The van der Waals surface area contributed by atoms with Crippen LogP contribution in [0.2, 0.25) is 0 Å². The summed E-state index contributed by atoms with van der Waals surface area (Å²) in [6, 6.07) is 13.5. The molecule has 3 rings (SSSR count). The molecule has 1 N–H and O–H groups in total. The molecule has 122 valence electrons. The Bertz CT molecular complexity index is 785. The molecular formula is C18H19N5O. The van der Waals surface area contributed by atoms with Gasteiger partial charge in [-0.1, -0.05) is 30.3 Å². The number of amides is 2. The van der Waals surface area contributed by atoms with Gasteiger partial charge in [-0.2, -0.15) is 5.10 Å². The second kappa shape index (κ2) is 7.41. The van der Waals surface area contributed by atoms with Crippen molar-refractivity contribution in [3.63, 3.8) is 0 Å². The molecule has 1 aromatic carbocycles. The summed E-state index contributed by atoms with van der Waals surface area (Å²) >= 11 is 0. The number of carbonyl (C=O) groups excluding carboxylic acids is 1. The van der Waals surface area contributed by atoms with E-state index in [9.17, 15) is 4.79 Å². The molecule has 2 aromatic heterocycles. The van der Waals surface area contributed by atoms with Crippen molar-refractivity contribution in [2.75, 3.05) is 12.4 Å². The summed E-state index contributed by atoms with van der Waals surface area (Å²) < 4.78 is 1.87. The smallest absolute Gasteiger partial charge is 0.321 e. The molecule has 0 saturated heterocycles. The largest absolute Gasteiger partial charge is 0.323 e. The van der Waals surface area contributed by atoms with E-state index < -0.39 is 0 Å². The molecule has 3 aromatic rings. The van der Waals surface area contributed by atoms with Crippen molar-refractivity contribution in [1.82, 2.24) is 19.7 Å². The fraction of sp³-hybridized carbons (Fsp3) is 0.167. The van der Waals surface area contributed by atoms with E-state index in [1.165, 1.54) is 5.56 Å². The summed E-state index contributed by atoms with van der Waals surface area (Å²) in [7, 11) is 1.75. The Hall–Kier alpha value is -3.15. The van der Waals surface area contributed by atoms with Crippen LogP contribution in [0.25, 0.3) is 0 Å². The van der Waals surface area contributed by atoms with Crippen molar-refractivity contribution < 1.29 is 4.79 Å². The van der Waals surface area contributed by atoms with Gasteiger partial charge in [-0.05, 0) is 17.7 Å². The van der Waals surface area contributed by atoms with Crippen LogP contribution in [0.1, 0.15) is 11.1 Å². The van der Waals surface area contributed by atoms with Crippen molar-refractivity contribution in [2.24, 2.45) is 0 Å². The van der Waals surface area contributed by atoms with Gasteiger partial charge in [-0.15, -0.1) is 0 Å². The maximum absolute atomic E-state index is 12.2. The summed E-state index contributed by atoms with van der Waals surface area (Å²) in [5.41, 5.74) is 2.85. The van der Waals surface area contributed by atoms with Crippen molar-refractivity contribution in [3.05, 3.63) is 78.4 Å². The van der Waals surface area contributed by atoms with Gasteiger partial charge in [-0.25, -0.2) is 4.79 Å². The van der Waals surface area contributed by atoms with Crippen molar-refractivity contribution >= 4 is 11.7 Å². The predicted octanol–water partition coefficient (Wildman–Crippen LogP) is 2.99. The number of urea groups is 1. The average Bonchev–Trinajstić information content (AvgIpc) is 3.03. The first-order chi connectivity index (χ1) is 11.7. The minimum Gasteiger partial charge on any atom is -0.323 e. The van der Waals surface area contributed by atoms with Gasteiger partial charge in [-0.3, -0.25) is 9.67 Å². The van der Waals surface area contributed by atoms with Gasteiger partial charge >= 0.3 is 6.03 Å². The van der Waals surface area contributed by atoms with Gasteiger partial charge in [0.25, 0.3) is 0 Å². The third-order valence-corrected chi connectivity index (χ3v) is 3.55. The molecule has 0 fully saturated rings. The molecule has 0 unspecified atom stereocenters. The number of anilines is 1. The molecule has 2 amide bonds. The Balaban J connectivity index is 1.57. The van der Waals surface area contributed by atoms with E-state index in [1.54, 1.807) is 42.7 Å². The van der Waals surface area contributed by atoms with E-state index in [2.05, 4.69) is 27.5 Å². The highest BCUT2D eigenvalue weighted by atomic mass is 16.2. The van der Waals surface area contributed by atoms with Crippen LogP contribution in [0.3, 0.4) is 0 Å². The maximum Gasteiger partial charge on any atom is 0.321 e. The Morgan fingerprint density at radius 3 is 2.71 bits per heavy atom. The highest BCUT2D eigenvalue weighted by molar-refractivity contribution is 5.88. The Morgan fingerprint density at radius 1 is 1.12 bits per heavy atom. The first-order valence-electron chi connectivity index (χ1n) is 7.68. The second-order valence-electron chi connectivity index (χ2n) is 5.56. The van der Waals surface area contributed by atoms with Crippen molar-refractivity contribution in [3.8, 4) is 0 Å². The van der Waals surface area contributed by atoms with E-state index in [1.807, 2.05) is 29.1 Å². The van der Waals surface area contributed by atoms with Crippen molar-refractivity contribution in [1.29, 1.82) is 0 Å². The van der Waals surface area contributed by atoms with E-state index in [-0.39, 0.29) is 6.03 Å². The number of benzene rings is 1. The number of nitrogens with one attached hydrogen (secondary N) is 1. The number of aromatic nitrogens is 3. The number of rotatable bonds is 5. The lowest BCUT2D eigenvalue weighted by Gasteiger charge is -2.16. The normalized spacial score (nSPS) is 10.4. The number of carbonyl (C=O) groups is 1. The molecule has 6 heteroatoms. The third-order valence-electron chi connectivity index (χ3n) is 3.55. The number of hydrogen-bond donors (Lipinski definition) is 1. The molecule has 6 nitrogen and oxygen atoms in total. The molecule has 0 radical (unpaired) electrons. The number of nitrogens with zero attached hydrogens (tertiary/aromatic N) is 4. The van der Waals surface area contributed by atoms with Gasteiger partial charge in [0, 0.05) is 25.0 Å². The zero-order valence-electron chi connectivity index (χ0n) is 13.5. The topological polar surface area (TPSA) is 63.1 Å². The maximum atomic E-state index is 12.2. The highest BCUT2D eigenvalue weighted by Gasteiger charge is 2.10. The van der Waals surface area contributed by atoms with Crippen LogP contribution in [-0.4, -0.2) is 32.7 Å². The lowest BCUT2D eigenvalue weighted by Crippen LogP contribution is -2.30. The quantitative estimate of drug-likeness (QED) is 0.786. The van der Waals surface area contributed by atoms with E-state index in [0.717, 1.165) is 5.56 Å². The van der Waals surface area contributed by atoms with Crippen LogP contribution in [0.15, 0.2) is 67.3 Å². The van der Waals surface area contributed by atoms with Crippen LogP contribution in [0.5, 0.6) is 0 Å². The number of hydrogen-bond acceptors (Lipinski definition) is 3. The standard InChI is InChI=1S/C18H19N5O/c1-22(18(24)21-17-8-5-9-19-11-17)12-16-10-20-23(14-16)13-15-6-3-2-4-7-15/h2-11,14H,12-13H2,1H3,(H,21,24). The molecule has 0 aliphatic rings. The first kappa shape index (κ1) is 15.7. The minimum absolute atomic E-state index is 0.182. The van der Waals surface area contributed by atoms with Crippen LogP contribution in [0, 0.1) is 0 Å². The Kier molecular flexibility index (Phi) is 4.86. The van der Waals surface area contributed by atoms with Crippen LogP contribution >= 0.6 is 0 Å². The fourth-order valence-corrected chi connectivity index (χ4v) is 2.35. The van der Waals surface area contributed by atoms with E-state index in [4.69, 9.17) is 0 Å². The van der Waals surface area contributed by atoms with Gasteiger partial charge < -0.3 is 10.2 Å². The zero-order chi connectivity index (χ0) is 16.8. The van der Waals surface area contributed by atoms with E-state index >= 15 is 0 Å². The summed E-state index contributed by atoms with van der Waals surface area (Å²) in [6.45, 7) is 1.20. The Morgan fingerprint density at radius 2 is 1.96 bits per heavy atom. The van der Waals surface area contributed by atoms with Crippen LogP contribution in [0.4, 0.5) is 10.5 Å². The summed E-state index contributed by atoms with van der Waals surface area (Å²) in [5, 5.41) is 7.16. The molecule has 0 atom stereocenters. The third kappa shape index (κ3) is 4.19. The second-order valence-corrected chi connectivity index (χ2v) is 5.56. The van der Waals surface area contributed by atoms with Gasteiger partial charge in [0.15, 0.2) is 0 Å². The van der Waals surface area contributed by atoms with Crippen LogP contribution in [-0.2, 0) is 13.1 Å². The summed E-state index contributed by atoms with van der Waals surface area (Å²) in [6.07, 6.45) is 7.03. The highest BCUT2D eigenvalue weighted by Crippen LogP contribution is 2.08. The molecule has 0 aliphatic carbocycles. The molecular weight excluding hydrogens is 302 g/mol. The van der Waals surface area contributed by atoms with Gasteiger partial charge in [0.2, 0.25) is 0 Å². The average molecular weight is 321 g/mol. The number of pyridine rings is 1. The molecule has 0 bridgehead atoms. The molecule has 2 heterocycles. The summed E-state index contributed by atoms with van der Waals surface area (Å²) in [5.74, 6) is 0. The van der Waals surface area contributed by atoms with Crippen LogP contribution < -0.4 is 5.32 Å². The monoisotopic (exact) mass is 321 g/mol. The first-order valence-corrected chi connectivity index (χ1v) is 7.68. The lowest BCUT2D eigenvalue weighted by molar-refractivity contribution is 0.220. The SMILES string of the molecule is CN(Cc1cnn(Cc2ccccc2)c1)C(=O)Nc1cccnc1. The molecule has 24 heavy (non-hydrogen) atoms. The lowest BCUT2D eigenvalue weighted by atomic mass is 10.2. The zero-order valence-corrected chi connectivity index (χ0v) is 13.5. The van der Waals surface area contributed by atoms with Gasteiger partial charge in [0.05, 0.1) is 31.2 Å².